The first-order chi connectivity index (χ1) is 13.5. The number of aryl methyl sites for hydroxylation is 1. The molecule has 0 radical (unpaired) electrons. The van der Waals surface area contributed by atoms with Gasteiger partial charge < -0.3 is 10.2 Å². The molecule has 1 aliphatic carbocycles. The van der Waals surface area contributed by atoms with Gasteiger partial charge in [-0.05, 0) is 55.7 Å². The Morgan fingerprint density at radius 2 is 2.11 bits per heavy atom. The molecule has 1 saturated heterocycles. The van der Waals surface area contributed by atoms with Gasteiger partial charge in [-0.15, -0.1) is 11.3 Å². The van der Waals surface area contributed by atoms with E-state index in [0.717, 1.165) is 45.9 Å². The number of hydrogen-bond donors (Lipinski definition) is 1. The maximum Gasteiger partial charge on any atom is 0.325 e. The average Bonchev–Trinajstić information content (AvgIpc) is 3.34. The molecule has 28 heavy (non-hydrogen) atoms. The molecule has 1 aromatic carbocycles. The van der Waals surface area contributed by atoms with Crippen molar-refractivity contribution >= 4 is 34.9 Å². The van der Waals surface area contributed by atoms with Gasteiger partial charge in [0, 0.05) is 22.2 Å². The van der Waals surface area contributed by atoms with Crippen LogP contribution in [0.5, 0.6) is 0 Å². The molecule has 3 heterocycles. The second-order valence-electron chi connectivity index (χ2n) is 7.78. The number of amides is 4. The molecule has 3 aliphatic rings. The Balaban J connectivity index is 1.42. The zero-order chi connectivity index (χ0) is 19.5. The third-order valence-electron chi connectivity index (χ3n) is 6.11. The zero-order valence-corrected chi connectivity index (χ0v) is 16.4. The van der Waals surface area contributed by atoms with Crippen molar-refractivity contribution in [1.82, 2.24) is 10.2 Å². The van der Waals surface area contributed by atoms with Gasteiger partial charge in [0.1, 0.15) is 12.1 Å². The molecule has 0 saturated carbocycles. The van der Waals surface area contributed by atoms with Crippen LogP contribution in [0.1, 0.15) is 35.8 Å². The molecule has 1 spiro atoms. The Bertz CT molecular complexity index is 1000. The van der Waals surface area contributed by atoms with Crippen molar-refractivity contribution in [2.75, 3.05) is 11.4 Å². The van der Waals surface area contributed by atoms with Gasteiger partial charge in [-0.3, -0.25) is 14.5 Å². The highest BCUT2D eigenvalue weighted by molar-refractivity contribution is 7.10. The highest BCUT2D eigenvalue weighted by atomic mass is 32.1. The van der Waals surface area contributed by atoms with Crippen molar-refractivity contribution < 1.29 is 14.4 Å². The molecule has 2 aromatic rings. The number of nitrogens with one attached hydrogen (secondary N) is 1. The lowest BCUT2D eigenvalue weighted by atomic mass is 9.80. The molecular formula is C21H21N3O3S. The van der Waals surface area contributed by atoms with Crippen molar-refractivity contribution in [3.05, 3.63) is 51.7 Å². The molecule has 0 bridgehead atoms. The normalized spacial score (nSPS) is 25.8. The van der Waals surface area contributed by atoms with Crippen molar-refractivity contribution in [1.29, 1.82) is 0 Å². The molecule has 1 N–H and O–H groups in total. The van der Waals surface area contributed by atoms with E-state index in [1.54, 1.807) is 16.2 Å². The zero-order valence-electron chi connectivity index (χ0n) is 15.6. The second kappa shape index (κ2) is 6.17. The van der Waals surface area contributed by atoms with Crippen molar-refractivity contribution in [3.63, 3.8) is 0 Å². The first kappa shape index (κ1) is 17.4. The summed E-state index contributed by atoms with van der Waals surface area (Å²) in [5.41, 5.74) is 1.89. The molecule has 2 aliphatic heterocycles. The minimum atomic E-state index is -1.00. The number of urea groups is 1. The van der Waals surface area contributed by atoms with E-state index >= 15 is 0 Å². The van der Waals surface area contributed by atoms with Crippen LogP contribution in [0.3, 0.4) is 0 Å². The SMILES string of the molecule is C[C@H]1Cc2ccccc2N1C(=O)CN1C(=O)N[C@@]2(CCCc3sccc32)C1=O. The van der Waals surface area contributed by atoms with E-state index in [9.17, 15) is 14.4 Å². The van der Waals surface area contributed by atoms with Gasteiger partial charge >= 0.3 is 6.03 Å². The highest BCUT2D eigenvalue weighted by Gasteiger charge is 2.55. The fourth-order valence-electron chi connectivity index (χ4n) is 4.84. The molecule has 7 heteroatoms. The van der Waals surface area contributed by atoms with E-state index in [2.05, 4.69) is 5.32 Å². The van der Waals surface area contributed by atoms with E-state index in [1.807, 2.05) is 42.6 Å². The number of benzene rings is 1. The van der Waals surface area contributed by atoms with Crippen molar-refractivity contribution in [2.24, 2.45) is 0 Å². The minimum Gasteiger partial charge on any atom is -0.319 e. The van der Waals surface area contributed by atoms with Crippen LogP contribution in [-0.2, 0) is 28.0 Å². The molecule has 6 nitrogen and oxygen atoms in total. The Hall–Kier alpha value is -2.67. The molecule has 1 aromatic heterocycles. The predicted octanol–water partition coefficient (Wildman–Crippen LogP) is 2.81. The predicted molar refractivity (Wildman–Crippen MR) is 106 cm³/mol. The van der Waals surface area contributed by atoms with Gasteiger partial charge in [-0.2, -0.15) is 0 Å². The number of para-hydroxylation sites is 1. The summed E-state index contributed by atoms with van der Waals surface area (Å²) >= 11 is 1.62. The largest absolute Gasteiger partial charge is 0.325 e. The third kappa shape index (κ3) is 2.35. The Morgan fingerprint density at radius 1 is 1.29 bits per heavy atom. The van der Waals surface area contributed by atoms with Gasteiger partial charge in [0.2, 0.25) is 5.91 Å². The lowest BCUT2D eigenvalue weighted by Crippen LogP contribution is -2.48. The van der Waals surface area contributed by atoms with Crippen LogP contribution in [-0.4, -0.2) is 35.3 Å². The van der Waals surface area contributed by atoms with E-state index in [4.69, 9.17) is 0 Å². The van der Waals surface area contributed by atoms with Crippen molar-refractivity contribution in [2.45, 2.75) is 44.2 Å². The molecule has 0 unspecified atom stereocenters. The summed E-state index contributed by atoms with van der Waals surface area (Å²) in [6, 6.07) is 9.27. The number of rotatable bonds is 2. The molecule has 4 amide bonds. The second-order valence-corrected chi connectivity index (χ2v) is 8.78. The van der Waals surface area contributed by atoms with Crippen LogP contribution < -0.4 is 10.2 Å². The highest BCUT2D eigenvalue weighted by Crippen LogP contribution is 2.42. The summed E-state index contributed by atoms with van der Waals surface area (Å²) in [6.07, 6.45) is 3.13. The Labute approximate surface area is 167 Å². The maximum absolute atomic E-state index is 13.3. The smallest absolute Gasteiger partial charge is 0.319 e. The maximum atomic E-state index is 13.3. The monoisotopic (exact) mass is 395 g/mol. The van der Waals surface area contributed by atoms with Crippen LogP contribution in [0.15, 0.2) is 35.7 Å². The van der Waals surface area contributed by atoms with E-state index in [0.29, 0.717) is 6.42 Å². The van der Waals surface area contributed by atoms with Gasteiger partial charge in [0.15, 0.2) is 0 Å². The fraction of sp³-hybridized carbons (Fsp3) is 0.381. The number of anilines is 1. The van der Waals surface area contributed by atoms with Gasteiger partial charge in [0.25, 0.3) is 5.91 Å². The standard InChI is InChI=1S/C21H21N3O3S/c1-13-11-14-5-2-3-6-16(14)24(13)18(25)12-23-19(26)21(22-20(23)27)9-4-7-17-15(21)8-10-28-17/h2-3,5-6,8,10,13H,4,7,9,11-12H2,1H3,(H,22,27)/t13-,21+/m0/s1. The Kier molecular flexibility index (Phi) is 3.84. The first-order valence-electron chi connectivity index (χ1n) is 9.62. The number of nitrogens with zero attached hydrogens (tertiary/aromatic N) is 2. The lowest BCUT2D eigenvalue weighted by Gasteiger charge is -2.31. The molecular weight excluding hydrogens is 374 g/mol. The topological polar surface area (TPSA) is 69.7 Å². The number of carbonyl (C=O) groups excluding carboxylic acids is 3. The van der Waals surface area contributed by atoms with Crippen LogP contribution in [0.4, 0.5) is 10.5 Å². The number of carbonyl (C=O) groups is 3. The van der Waals surface area contributed by atoms with Gasteiger partial charge in [0.05, 0.1) is 0 Å². The average molecular weight is 395 g/mol. The lowest BCUT2D eigenvalue weighted by molar-refractivity contribution is -0.135. The summed E-state index contributed by atoms with van der Waals surface area (Å²) in [4.78, 5) is 43.1. The first-order valence-corrected chi connectivity index (χ1v) is 10.5. The number of hydrogen-bond acceptors (Lipinski definition) is 4. The number of thiophene rings is 1. The number of fused-ring (bicyclic) bond motifs is 3. The molecule has 1 fully saturated rings. The Morgan fingerprint density at radius 3 is 2.96 bits per heavy atom. The van der Waals surface area contributed by atoms with Crippen LogP contribution in [0.2, 0.25) is 0 Å². The van der Waals surface area contributed by atoms with E-state index in [-0.39, 0.29) is 24.4 Å². The van der Waals surface area contributed by atoms with Crippen molar-refractivity contribution in [3.8, 4) is 0 Å². The van der Waals surface area contributed by atoms with Crippen LogP contribution in [0, 0.1) is 0 Å². The van der Waals surface area contributed by atoms with E-state index < -0.39 is 11.6 Å². The van der Waals surface area contributed by atoms with Gasteiger partial charge in [-0.25, -0.2) is 4.79 Å². The summed E-state index contributed by atoms with van der Waals surface area (Å²) in [6.45, 7) is 1.76. The van der Waals surface area contributed by atoms with Crippen LogP contribution >= 0.6 is 11.3 Å². The summed E-state index contributed by atoms with van der Waals surface area (Å²) in [5, 5.41) is 4.88. The molecule has 2 atom stereocenters. The summed E-state index contributed by atoms with van der Waals surface area (Å²) in [5.74, 6) is -0.523. The summed E-state index contributed by atoms with van der Waals surface area (Å²) in [7, 11) is 0. The van der Waals surface area contributed by atoms with Crippen LogP contribution in [0.25, 0.3) is 0 Å². The summed E-state index contributed by atoms with van der Waals surface area (Å²) < 4.78 is 0. The quantitative estimate of drug-likeness (QED) is 0.795. The minimum absolute atomic E-state index is 0.0118. The molecule has 5 rings (SSSR count). The molecule has 144 valence electrons. The van der Waals surface area contributed by atoms with Gasteiger partial charge in [-0.1, -0.05) is 18.2 Å². The number of imide groups is 1. The van der Waals surface area contributed by atoms with E-state index in [1.165, 1.54) is 0 Å². The fourth-order valence-corrected chi connectivity index (χ4v) is 5.84. The third-order valence-corrected chi connectivity index (χ3v) is 7.09.